The molecule has 1 saturated heterocycles. The Hall–Kier alpha value is -0.940. The van der Waals surface area contributed by atoms with Crippen LogP contribution >= 0.6 is 0 Å². The Labute approximate surface area is 108 Å². The van der Waals surface area contributed by atoms with Gasteiger partial charge in [-0.05, 0) is 12.8 Å². The molecule has 3 unspecified atom stereocenters. The average molecular weight is 257 g/mol. The molecule has 3 atom stereocenters. The van der Waals surface area contributed by atoms with Crippen LogP contribution in [-0.2, 0) is 9.59 Å². The van der Waals surface area contributed by atoms with Crippen molar-refractivity contribution < 1.29 is 19.8 Å². The van der Waals surface area contributed by atoms with Crippen molar-refractivity contribution in [2.24, 2.45) is 5.92 Å². The lowest BCUT2D eigenvalue weighted by atomic mass is 10.0. The quantitative estimate of drug-likeness (QED) is 0.703. The summed E-state index contributed by atoms with van der Waals surface area (Å²) in [6.45, 7) is 3.94. The molecule has 0 radical (unpaired) electrons. The molecule has 0 bridgehead atoms. The Kier molecular flexibility index (Phi) is 5.75. The summed E-state index contributed by atoms with van der Waals surface area (Å²) >= 11 is 0. The molecule has 0 aromatic carbocycles. The van der Waals surface area contributed by atoms with E-state index in [9.17, 15) is 19.8 Å². The van der Waals surface area contributed by atoms with Crippen LogP contribution in [0, 0.1) is 5.92 Å². The van der Waals surface area contributed by atoms with Crippen molar-refractivity contribution in [1.82, 2.24) is 4.90 Å². The van der Waals surface area contributed by atoms with Gasteiger partial charge in [-0.25, -0.2) is 0 Å². The Bertz CT molecular complexity index is 305. The fraction of sp³-hybridized carbons (Fsp3) is 0.846. The van der Waals surface area contributed by atoms with Crippen molar-refractivity contribution in [3.8, 4) is 0 Å². The molecule has 1 heterocycles. The van der Waals surface area contributed by atoms with Gasteiger partial charge in [-0.15, -0.1) is 0 Å². The van der Waals surface area contributed by atoms with Gasteiger partial charge in [0.25, 0.3) is 0 Å². The summed E-state index contributed by atoms with van der Waals surface area (Å²) < 4.78 is 0. The van der Waals surface area contributed by atoms with E-state index in [-0.39, 0.29) is 30.6 Å². The Balaban J connectivity index is 2.47. The molecule has 1 fully saturated rings. The van der Waals surface area contributed by atoms with Gasteiger partial charge in [0, 0.05) is 25.3 Å². The van der Waals surface area contributed by atoms with Gasteiger partial charge in [0.1, 0.15) is 12.3 Å². The average Bonchev–Trinajstić information content (AvgIpc) is 2.61. The first-order valence-corrected chi connectivity index (χ1v) is 6.70. The summed E-state index contributed by atoms with van der Waals surface area (Å²) in [6.07, 6.45) is 0.899. The number of nitrogens with zero attached hydrogens (tertiary/aromatic N) is 1. The number of carbonyl (C=O) groups is 2. The molecule has 2 N–H and O–H groups in total. The van der Waals surface area contributed by atoms with Crippen LogP contribution in [0.4, 0.5) is 0 Å². The number of hydrogen-bond donors (Lipinski definition) is 2. The van der Waals surface area contributed by atoms with Gasteiger partial charge in [-0.3, -0.25) is 9.59 Å². The molecule has 0 aromatic heterocycles. The number of rotatable bonds is 7. The molecule has 104 valence electrons. The van der Waals surface area contributed by atoms with Gasteiger partial charge in [0.15, 0.2) is 5.78 Å². The molecule has 18 heavy (non-hydrogen) atoms. The van der Waals surface area contributed by atoms with E-state index < -0.39 is 12.3 Å². The van der Waals surface area contributed by atoms with E-state index in [4.69, 9.17) is 0 Å². The number of Topliss-reactive ketones (excluding diaryl/α,β-unsaturated/α-hetero) is 1. The normalized spacial score (nSPS) is 25.6. The molecule has 0 spiro atoms. The molecular weight excluding hydrogens is 234 g/mol. The summed E-state index contributed by atoms with van der Waals surface area (Å²) in [5.41, 5.74) is 0. The minimum atomic E-state index is -0.953. The second-order valence-corrected chi connectivity index (χ2v) is 4.87. The molecule has 0 aliphatic carbocycles. The van der Waals surface area contributed by atoms with Crippen LogP contribution in [0.25, 0.3) is 0 Å². The predicted molar refractivity (Wildman–Crippen MR) is 66.7 cm³/mol. The maximum Gasteiger partial charge on any atom is 0.227 e. The fourth-order valence-corrected chi connectivity index (χ4v) is 2.34. The van der Waals surface area contributed by atoms with E-state index in [1.807, 2.05) is 6.92 Å². The van der Waals surface area contributed by atoms with Crippen LogP contribution in [0.2, 0.25) is 0 Å². The van der Waals surface area contributed by atoms with E-state index in [1.165, 1.54) is 4.90 Å². The third kappa shape index (κ3) is 3.53. The zero-order valence-electron chi connectivity index (χ0n) is 11.1. The third-order valence-corrected chi connectivity index (χ3v) is 3.48. The van der Waals surface area contributed by atoms with Crippen LogP contribution in [0.5, 0.6) is 0 Å². The minimum absolute atomic E-state index is 0.0665. The van der Waals surface area contributed by atoms with Crippen LogP contribution in [0.1, 0.15) is 46.0 Å². The van der Waals surface area contributed by atoms with Crippen LogP contribution in [0.15, 0.2) is 0 Å². The Morgan fingerprint density at radius 2 is 2.17 bits per heavy atom. The number of amides is 1. The summed E-state index contributed by atoms with van der Waals surface area (Å²) in [5.74, 6) is -0.448. The van der Waals surface area contributed by atoms with Crippen molar-refractivity contribution in [1.29, 1.82) is 0 Å². The van der Waals surface area contributed by atoms with Gasteiger partial charge in [0.05, 0.1) is 0 Å². The van der Waals surface area contributed by atoms with Crippen LogP contribution in [-0.4, -0.2) is 45.7 Å². The molecule has 1 amide bonds. The molecule has 5 nitrogen and oxygen atoms in total. The van der Waals surface area contributed by atoms with Crippen LogP contribution in [0.3, 0.4) is 0 Å². The van der Waals surface area contributed by atoms with E-state index in [0.29, 0.717) is 12.8 Å². The highest BCUT2D eigenvalue weighted by Gasteiger charge is 2.37. The topological polar surface area (TPSA) is 77.8 Å². The van der Waals surface area contributed by atoms with E-state index >= 15 is 0 Å². The predicted octanol–water partition coefficient (Wildman–Crippen LogP) is 0.683. The fourth-order valence-electron chi connectivity index (χ4n) is 2.34. The van der Waals surface area contributed by atoms with Crippen molar-refractivity contribution >= 4 is 11.7 Å². The number of aliphatic hydroxyl groups excluding tert-OH is 2. The maximum absolute atomic E-state index is 11.9. The number of hydrogen-bond acceptors (Lipinski definition) is 4. The minimum Gasteiger partial charge on any atom is -0.385 e. The summed E-state index contributed by atoms with van der Waals surface area (Å²) in [6, 6.07) is 0. The molecule has 1 aliphatic heterocycles. The standard InChI is InChI=1S/C13H23NO4/c1-3-5-9-8-12(17)14(13(9)18)7-6-11(16)10(15)4-2/h9-10,12,15,17H,3-8H2,1-2H3. The third-order valence-electron chi connectivity index (χ3n) is 3.48. The van der Waals surface area contributed by atoms with Crippen molar-refractivity contribution in [3.05, 3.63) is 0 Å². The number of likely N-dealkylation sites (tertiary alicyclic amines) is 1. The molecule has 0 aromatic rings. The lowest BCUT2D eigenvalue weighted by molar-refractivity contribution is -0.137. The maximum atomic E-state index is 11.9. The van der Waals surface area contributed by atoms with Gasteiger partial charge in [-0.1, -0.05) is 20.3 Å². The molecule has 1 rings (SSSR count). The number of carbonyl (C=O) groups excluding carboxylic acids is 2. The smallest absolute Gasteiger partial charge is 0.227 e. The second-order valence-electron chi connectivity index (χ2n) is 4.87. The van der Waals surface area contributed by atoms with Gasteiger partial charge in [0.2, 0.25) is 5.91 Å². The van der Waals surface area contributed by atoms with E-state index in [2.05, 4.69) is 0 Å². The Morgan fingerprint density at radius 1 is 1.50 bits per heavy atom. The highest BCUT2D eigenvalue weighted by atomic mass is 16.3. The highest BCUT2D eigenvalue weighted by Crippen LogP contribution is 2.26. The molecule has 5 heteroatoms. The van der Waals surface area contributed by atoms with Gasteiger partial charge >= 0.3 is 0 Å². The second kappa shape index (κ2) is 6.85. The first kappa shape index (κ1) is 15.1. The lowest BCUT2D eigenvalue weighted by Gasteiger charge is -2.20. The van der Waals surface area contributed by atoms with E-state index in [1.54, 1.807) is 6.92 Å². The number of ketones is 1. The van der Waals surface area contributed by atoms with Crippen molar-refractivity contribution in [3.63, 3.8) is 0 Å². The van der Waals surface area contributed by atoms with Gasteiger partial charge < -0.3 is 15.1 Å². The zero-order valence-corrected chi connectivity index (χ0v) is 11.1. The first-order chi connectivity index (χ1) is 8.51. The lowest BCUT2D eigenvalue weighted by Crippen LogP contribution is -2.36. The first-order valence-electron chi connectivity index (χ1n) is 6.70. The molecule has 0 saturated carbocycles. The van der Waals surface area contributed by atoms with Crippen LogP contribution < -0.4 is 0 Å². The zero-order chi connectivity index (χ0) is 13.7. The largest absolute Gasteiger partial charge is 0.385 e. The van der Waals surface area contributed by atoms with Crippen molar-refractivity contribution in [2.45, 2.75) is 58.3 Å². The monoisotopic (exact) mass is 257 g/mol. The number of aliphatic hydroxyl groups is 2. The Morgan fingerprint density at radius 3 is 2.72 bits per heavy atom. The molecular formula is C13H23NO4. The van der Waals surface area contributed by atoms with Crippen molar-refractivity contribution in [2.75, 3.05) is 6.54 Å². The summed E-state index contributed by atoms with van der Waals surface area (Å²) in [4.78, 5) is 24.8. The summed E-state index contributed by atoms with van der Waals surface area (Å²) in [5, 5.41) is 19.1. The van der Waals surface area contributed by atoms with E-state index in [0.717, 1.165) is 12.8 Å². The highest BCUT2D eigenvalue weighted by molar-refractivity contribution is 5.85. The van der Waals surface area contributed by atoms with Gasteiger partial charge in [-0.2, -0.15) is 0 Å². The molecule has 1 aliphatic rings. The summed E-state index contributed by atoms with van der Waals surface area (Å²) in [7, 11) is 0. The SMILES string of the molecule is CCCC1CC(O)N(CCC(=O)C(O)CC)C1=O.